The number of hydrogen-bond donors (Lipinski definition) is 1. The summed E-state index contributed by atoms with van der Waals surface area (Å²) in [5.74, 6) is 0.704. The smallest absolute Gasteiger partial charge is 0.235 e. The van der Waals surface area contributed by atoms with Crippen molar-refractivity contribution in [2.45, 2.75) is 38.5 Å². The lowest BCUT2D eigenvalue weighted by atomic mass is 9.98. The Balaban J connectivity index is 1.01. The summed E-state index contributed by atoms with van der Waals surface area (Å²) in [4.78, 5) is 10.7. The van der Waals surface area contributed by atoms with E-state index >= 15 is 0 Å². The summed E-state index contributed by atoms with van der Waals surface area (Å²) >= 11 is 0. The second-order valence-corrected chi connectivity index (χ2v) is 17.2. The fourth-order valence-electron chi connectivity index (χ4n) is 10.6. The van der Waals surface area contributed by atoms with Crippen LogP contribution in [0.4, 0.5) is 5.69 Å². The van der Waals surface area contributed by atoms with Crippen LogP contribution < -0.4 is 5.32 Å². The number of rotatable bonds is 6. The van der Waals surface area contributed by atoms with Gasteiger partial charge in [0.25, 0.3) is 0 Å². The number of fused-ring (bicyclic) bond motifs is 9. The Hall–Kier alpha value is -7.50. The summed E-state index contributed by atoms with van der Waals surface area (Å²) < 4.78 is 4.86. The lowest BCUT2D eigenvalue weighted by Crippen LogP contribution is -2.05. The van der Waals surface area contributed by atoms with Gasteiger partial charge in [-0.3, -0.25) is 4.57 Å². The second kappa shape index (κ2) is 14.0. The van der Waals surface area contributed by atoms with Gasteiger partial charge in [-0.15, -0.1) is 0 Å². The van der Waals surface area contributed by atoms with Crippen molar-refractivity contribution in [3.63, 3.8) is 0 Å². The SMILES string of the molecule is C1=CCCC(n2c3ccc(-c4ccc5c(c4)CCN5)cc3c3cc(-c4ccc5c(c4)c4ccc6c(c4n5-c4nc(-c5ccccc5)cc(-c5ccccc5)n4)CCC6)ccc32)=C1. The summed E-state index contributed by atoms with van der Waals surface area (Å²) in [6, 6.07) is 55.9. The first kappa shape index (κ1) is 35.3. The Kier molecular flexibility index (Phi) is 7.99. The van der Waals surface area contributed by atoms with Crippen molar-refractivity contribution in [3.05, 3.63) is 187 Å². The third-order valence-corrected chi connectivity index (χ3v) is 13.6. The van der Waals surface area contributed by atoms with E-state index in [2.05, 4.69) is 184 Å². The molecule has 5 nitrogen and oxygen atoms in total. The number of benzene rings is 7. The quantitative estimate of drug-likeness (QED) is 0.182. The lowest BCUT2D eigenvalue weighted by molar-refractivity contribution is 0.910. The third-order valence-electron chi connectivity index (χ3n) is 13.6. The molecular formula is C57H43N5. The van der Waals surface area contributed by atoms with E-state index in [0.717, 1.165) is 73.1 Å². The maximum Gasteiger partial charge on any atom is 0.235 e. The van der Waals surface area contributed by atoms with Gasteiger partial charge in [0, 0.05) is 50.6 Å². The summed E-state index contributed by atoms with van der Waals surface area (Å²) in [7, 11) is 0. The van der Waals surface area contributed by atoms with Gasteiger partial charge in [0.15, 0.2) is 0 Å². The molecule has 0 saturated carbocycles. The monoisotopic (exact) mass is 797 g/mol. The minimum Gasteiger partial charge on any atom is -0.384 e. The molecule has 4 heterocycles. The molecule has 13 rings (SSSR count). The van der Waals surface area contributed by atoms with Crippen LogP contribution in [0, 0.1) is 0 Å². The van der Waals surface area contributed by atoms with Crippen molar-refractivity contribution in [3.8, 4) is 50.7 Å². The first-order chi connectivity index (χ1) is 30.7. The van der Waals surface area contributed by atoms with E-state index in [1.54, 1.807) is 0 Å². The Morgan fingerprint density at radius 3 is 1.73 bits per heavy atom. The van der Waals surface area contributed by atoms with Gasteiger partial charge in [-0.1, -0.05) is 109 Å². The molecule has 2 aliphatic carbocycles. The fourth-order valence-corrected chi connectivity index (χ4v) is 10.6. The molecule has 0 unspecified atom stereocenters. The Morgan fingerprint density at radius 2 is 1.08 bits per heavy atom. The van der Waals surface area contributed by atoms with Crippen LogP contribution in [0.1, 0.15) is 36.0 Å². The molecule has 3 aromatic heterocycles. The standard InChI is InChI=1S/C57H43N5/c1-4-11-37(12-5-1)51-35-52(38-13-6-2-7-14-38)60-57(59-51)62-55-28-23-41(32-47(55)46-24-19-36-15-10-18-45(36)56(46)62)42-22-27-54-49(34-42)48-33-40(39-20-25-50-43(31-39)29-30-58-50)21-26-53(48)61(54)44-16-8-3-9-17-44/h1-8,11-14,16,19-28,31-35,58H,9-10,15,17-18,29-30H2. The van der Waals surface area contributed by atoms with Gasteiger partial charge >= 0.3 is 0 Å². The van der Waals surface area contributed by atoms with E-state index in [1.807, 2.05) is 0 Å². The van der Waals surface area contributed by atoms with Crippen LogP contribution >= 0.6 is 0 Å². The van der Waals surface area contributed by atoms with Gasteiger partial charge in [-0.2, -0.15) is 0 Å². The predicted octanol–water partition coefficient (Wildman–Crippen LogP) is 14.0. The number of allylic oxidation sites excluding steroid dienone is 4. The first-order valence-electron chi connectivity index (χ1n) is 22.1. The predicted molar refractivity (Wildman–Crippen MR) is 258 cm³/mol. The second-order valence-electron chi connectivity index (χ2n) is 17.2. The molecule has 1 aliphatic heterocycles. The van der Waals surface area contributed by atoms with Crippen LogP contribution in [0.25, 0.3) is 100 Å². The van der Waals surface area contributed by atoms with E-state index in [-0.39, 0.29) is 0 Å². The van der Waals surface area contributed by atoms with E-state index in [4.69, 9.17) is 9.97 Å². The molecule has 62 heavy (non-hydrogen) atoms. The number of hydrogen-bond acceptors (Lipinski definition) is 3. The zero-order valence-corrected chi connectivity index (χ0v) is 34.4. The molecule has 1 N–H and O–H groups in total. The lowest BCUT2D eigenvalue weighted by Gasteiger charge is -2.14. The maximum atomic E-state index is 5.37. The number of anilines is 1. The Morgan fingerprint density at radius 1 is 0.468 bits per heavy atom. The maximum absolute atomic E-state index is 5.37. The number of nitrogens with zero attached hydrogens (tertiary/aromatic N) is 4. The van der Waals surface area contributed by atoms with Crippen LogP contribution in [0.15, 0.2) is 170 Å². The van der Waals surface area contributed by atoms with Gasteiger partial charge in [0.1, 0.15) is 0 Å². The van der Waals surface area contributed by atoms with Crippen LogP contribution in [0.2, 0.25) is 0 Å². The number of aromatic nitrogens is 4. The van der Waals surface area contributed by atoms with Crippen LogP contribution in [0.5, 0.6) is 0 Å². The third kappa shape index (κ3) is 5.61. The van der Waals surface area contributed by atoms with Crippen molar-refractivity contribution in [1.29, 1.82) is 0 Å². The molecular weight excluding hydrogens is 755 g/mol. The average Bonchev–Trinajstić information content (AvgIpc) is 4.15. The topological polar surface area (TPSA) is 47.7 Å². The molecule has 0 spiro atoms. The Labute approximate surface area is 360 Å². The van der Waals surface area contributed by atoms with E-state index < -0.39 is 0 Å². The van der Waals surface area contributed by atoms with Crippen molar-refractivity contribution in [2.75, 3.05) is 11.9 Å². The normalized spacial score (nSPS) is 14.5. The molecule has 5 heteroatoms. The zero-order chi connectivity index (χ0) is 40.7. The van der Waals surface area contributed by atoms with Crippen LogP contribution in [-0.2, 0) is 19.3 Å². The summed E-state index contributed by atoms with van der Waals surface area (Å²) in [6.07, 6.45) is 13.2. The van der Waals surface area contributed by atoms with Gasteiger partial charge in [-0.25, -0.2) is 9.97 Å². The summed E-state index contributed by atoms with van der Waals surface area (Å²) in [5.41, 5.74) is 20.6. The van der Waals surface area contributed by atoms with Gasteiger partial charge in [-0.05, 0) is 138 Å². The van der Waals surface area contributed by atoms with E-state index in [0.29, 0.717) is 5.95 Å². The van der Waals surface area contributed by atoms with E-state index in [1.165, 1.54) is 88.4 Å². The van der Waals surface area contributed by atoms with Gasteiger partial charge in [0.2, 0.25) is 5.95 Å². The highest BCUT2D eigenvalue weighted by molar-refractivity contribution is 6.14. The molecule has 0 saturated heterocycles. The van der Waals surface area contributed by atoms with Crippen molar-refractivity contribution >= 4 is 55.0 Å². The van der Waals surface area contributed by atoms with Gasteiger partial charge < -0.3 is 9.88 Å². The minimum absolute atomic E-state index is 0.704. The summed E-state index contributed by atoms with van der Waals surface area (Å²) in [6.45, 7) is 1.01. The average molecular weight is 798 g/mol. The Bertz CT molecular complexity index is 3450. The molecule has 0 bridgehead atoms. The van der Waals surface area contributed by atoms with Crippen molar-refractivity contribution < 1.29 is 0 Å². The zero-order valence-electron chi connectivity index (χ0n) is 34.4. The molecule has 0 atom stereocenters. The molecule has 0 radical (unpaired) electrons. The van der Waals surface area contributed by atoms with Gasteiger partial charge in [0.05, 0.1) is 33.5 Å². The highest BCUT2D eigenvalue weighted by atomic mass is 15.2. The molecule has 7 aromatic carbocycles. The first-order valence-corrected chi connectivity index (χ1v) is 22.1. The number of aryl methyl sites for hydroxylation is 2. The number of nitrogens with one attached hydrogen (secondary N) is 1. The van der Waals surface area contributed by atoms with Crippen LogP contribution in [0.3, 0.4) is 0 Å². The molecule has 0 fully saturated rings. The van der Waals surface area contributed by atoms with E-state index in [9.17, 15) is 0 Å². The molecule has 296 valence electrons. The molecule has 3 aliphatic rings. The molecule has 10 aromatic rings. The van der Waals surface area contributed by atoms with Crippen LogP contribution in [-0.4, -0.2) is 25.6 Å². The van der Waals surface area contributed by atoms with Crippen molar-refractivity contribution in [2.24, 2.45) is 0 Å². The minimum atomic E-state index is 0.704. The summed E-state index contributed by atoms with van der Waals surface area (Å²) in [5, 5.41) is 8.56. The highest BCUT2D eigenvalue weighted by Gasteiger charge is 2.24. The largest absolute Gasteiger partial charge is 0.384 e. The fraction of sp³-hybridized carbons (Fsp3) is 0.123. The highest BCUT2D eigenvalue weighted by Crippen LogP contribution is 2.43. The van der Waals surface area contributed by atoms with Crippen molar-refractivity contribution in [1.82, 2.24) is 19.1 Å². The molecule has 0 amide bonds.